The molecule has 30 heavy (non-hydrogen) atoms. The minimum atomic E-state index is -3.44. The summed E-state index contributed by atoms with van der Waals surface area (Å²) in [6, 6.07) is 10.3. The summed E-state index contributed by atoms with van der Waals surface area (Å²) in [5.41, 5.74) is 1.90. The van der Waals surface area contributed by atoms with E-state index in [1.807, 2.05) is 32.0 Å². The molecule has 7 nitrogen and oxygen atoms in total. The summed E-state index contributed by atoms with van der Waals surface area (Å²) >= 11 is 0. The maximum Gasteiger partial charge on any atom is 0.252 e. The summed E-state index contributed by atoms with van der Waals surface area (Å²) < 4.78 is 36.5. The van der Waals surface area contributed by atoms with Gasteiger partial charge < -0.3 is 14.8 Å². The van der Waals surface area contributed by atoms with Crippen LogP contribution in [0.3, 0.4) is 0 Å². The van der Waals surface area contributed by atoms with E-state index in [4.69, 9.17) is 9.47 Å². The van der Waals surface area contributed by atoms with Gasteiger partial charge in [-0.3, -0.25) is 9.10 Å². The fraction of sp³-hybridized carbons (Fsp3) is 0.409. The number of benzene rings is 2. The van der Waals surface area contributed by atoms with Crippen molar-refractivity contribution < 1.29 is 22.7 Å². The van der Waals surface area contributed by atoms with Crippen molar-refractivity contribution in [3.8, 4) is 11.5 Å². The van der Waals surface area contributed by atoms with E-state index in [2.05, 4.69) is 5.32 Å². The van der Waals surface area contributed by atoms with Gasteiger partial charge in [-0.25, -0.2) is 8.42 Å². The number of fused-ring (bicyclic) bond motifs is 1. The Labute approximate surface area is 178 Å². The van der Waals surface area contributed by atoms with Crippen LogP contribution >= 0.6 is 0 Å². The van der Waals surface area contributed by atoms with Crippen LogP contribution in [0, 0.1) is 6.92 Å². The number of ether oxygens (including phenoxy) is 2. The summed E-state index contributed by atoms with van der Waals surface area (Å²) in [4.78, 5) is 13.2. The van der Waals surface area contributed by atoms with Crippen molar-refractivity contribution in [2.75, 3.05) is 24.7 Å². The molecule has 3 rings (SSSR count). The molecule has 8 heteroatoms. The lowest BCUT2D eigenvalue weighted by Crippen LogP contribution is -2.41. The quantitative estimate of drug-likeness (QED) is 0.782. The highest BCUT2D eigenvalue weighted by Crippen LogP contribution is 2.41. The molecule has 0 bridgehead atoms. The molecule has 0 aliphatic carbocycles. The lowest BCUT2D eigenvalue weighted by molar-refractivity contribution is 0.0618. The number of nitrogens with one attached hydrogen (secondary N) is 1. The van der Waals surface area contributed by atoms with Crippen LogP contribution in [-0.2, 0) is 10.0 Å². The molecular weight excluding hydrogens is 404 g/mol. The smallest absolute Gasteiger partial charge is 0.252 e. The summed E-state index contributed by atoms with van der Waals surface area (Å²) in [5.74, 6) is 1.12. The molecule has 2 aromatic carbocycles. The number of carbonyl (C=O) groups excluding carboxylic acids is 1. The Hall–Kier alpha value is -2.74. The fourth-order valence-corrected chi connectivity index (χ4v) is 4.27. The van der Waals surface area contributed by atoms with Gasteiger partial charge in [0.2, 0.25) is 10.0 Å². The summed E-state index contributed by atoms with van der Waals surface area (Å²) in [5, 5.41) is 3.10. The molecule has 0 unspecified atom stereocenters. The van der Waals surface area contributed by atoms with Crippen molar-refractivity contribution in [3.63, 3.8) is 0 Å². The highest BCUT2D eigenvalue weighted by molar-refractivity contribution is 7.92. The molecule has 0 saturated heterocycles. The van der Waals surface area contributed by atoms with Crippen LogP contribution in [0.4, 0.5) is 5.69 Å². The average molecular weight is 433 g/mol. The zero-order chi connectivity index (χ0) is 22.3. The van der Waals surface area contributed by atoms with E-state index in [1.165, 1.54) is 11.4 Å². The molecule has 0 aromatic heterocycles. The van der Waals surface area contributed by atoms with Gasteiger partial charge in [0.15, 0.2) is 0 Å². The Morgan fingerprint density at radius 2 is 1.97 bits per heavy atom. The number of amides is 1. The summed E-state index contributed by atoms with van der Waals surface area (Å²) in [6.45, 7) is 5.70. The third kappa shape index (κ3) is 4.38. The number of sulfonamides is 1. The third-order valence-corrected chi connectivity index (χ3v) is 6.56. The second kappa shape index (κ2) is 7.83. The number of rotatable bonds is 5. The molecule has 0 saturated carbocycles. The lowest BCUT2D eigenvalue weighted by atomic mass is 9.89. The number of carbonyl (C=O) groups is 1. The monoisotopic (exact) mass is 432 g/mol. The zero-order valence-corrected chi connectivity index (χ0v) is 19.0. The first-order valence-electron chi connectivity index (χ1n) is 9.64. The number of methoxy groups -OCH3 is 1. The number of anilines is 1. The SMILES string of the molecule is COc1ccc2c(c1)[C@H](NC(=O)c1cccc(N(C)S(C)(=O)=O)c1C)CC(C)(C)O2. The van der Waals surface area contributed by atoms with E-state index in [0.717, 1.165) is 11.8 Å². The Kier molecular flexibility index (Phi) is 5.73. The van der Waals surface area contributed by atoms with Gasteiger partial charge in [-0.2, -0.15) is 0 Å². The first-order chi connectivity index (χ1) is 13.9. The molecule has 0 fully saturated rings. The van der Waals surface area contributed by atoms with Gasteiger partial charge in [0.25, 0.3) is 5.91 Å². The van der Waals surface area contributed by atoms with Crippen molar-refractivity contribution in [1.82, 2.24) is 5.32 Å². The van der Waals surface area contributed by atoms with Crippen LogP contribution in [0.2, 0.25) is 0 Å². The van der Waals surface area contributed by atoms with E-state index in [9.17, 15) is 13.2 Å². The average Bonchev–Trinajstić information content (AvgIpc) is 2.65. The Morgan fingerprint density at radius 3 is 2.60 bits per heavy atom. The van der Waals surface area contributed by atoms with E-state index in [0.29, 0.717) is 34.7 Å². The standard InChI is InChI=1S/C22H28N2O5S/c1-14-16(8-7-9-19(14)24(4)30(6,26)27)21(25)23-18-13-22(2,3)29-20-11-10-15(28-5)12-17(18)20/h7-12,18H,13H2,1-6H3,(H,23,25)/t18-/m1/s1. The Bertz CT molecular complexity index is 1080. The maximum atomic E-state index is 13.2. The molecule has 1 aliphatic rings. The minimum absolute atomic E-state index is 0.271. The zero-order valence-electron chi connectivity index (χ0n) is 18.1. The summed E-state index contributed by atoms with van der Waals surface area (Å²) in [6.07, 6.45) is 1.72. The number of nitrogens with zero attached hydrogens (tertiary/aromatic N) is 1. The molecule has 1 amide bonds. The van der Waals surface area contributed by atoms with E-state index in [1.54, 1.807) is 32.2 Å². The van der Waals surface area contributed by atoms with Crippen molar-refractivity contribution in [1.29, 1.82) is 0 Å². The van der Waals surface area contributed by atoms with Crippen molar-refractivity contribution in [2.24, 2.45) is 0 Å². The predicted molar refractivity (Wildman–Crippen MR) is 117 cm³/mol. The maximum absolute atomic E-state index is 13.2. The van der Waals surface area contributed by atoms with Gasteiger partial charge >= 0.3 is 0 Å². The van der Waals surface area contributed by atoms with Gasteiger partial charge in [-0.1, -0.05) is 6.07 Å². The van der Waals surface area contributed by atoms with Crippen molar-refractivity contribution in [3.05, 3.63) is 53.1 Å². The van der Waals surface area contributed by atoms with Crippen molar-refractivity contribution >= 4 is 21.6 Å². The van der Waals surface area contributed by atoms with Crippen LogP contribution in [0.15, 0.2) is 36.4 Å². The molecule has 0 radical (unpaired) electrons. The van der Waals surface area contributed by atoms with Crippen LogP contribution in [0.1, 0.15) is 47.8 Å². The second-order valence-corrected chi connectivity index (χ2v) is 10.2. The van der Waals surface area contributed by atoms with Gasteiger partial charge in [-0.05, 0) is 56.7 Å². The molecule has 0 spiro atoms. The Balaban J connectivity index is 1.95. The van der Waals surface area contributed by atoms with E-state index >= 15 is 0 Å². The largest absolute Gasteiger partial charge is 0.497 e. The predicted octanol–water partition coefficient (Wildman–Crippen LogP) is 3.43. The topological polar surface area (TPSA) is 84.9 Å². The molecular formula is C22H28N2O5S. The molecule has 1 aliphatic heterocycles. The van der Waals surface area contributed by atoms with Crippen LogP contribution in [-0.4, -0.2) is 40.3 Å². The van der Waals surface area contributed by atoms with Gasteiger partial charge in [0, 0.05) is 24.6 Å². The minimum Gasteiger partial charge on any atom is -0.497 e. The fourth-order valence-electron chi connectivity index (χ4n) is 3.71. The molecule has 162 valence electrons. The normalized spacial score (nSPS) is 17.5. The first-order valence-corrected chi connectivity index (χ1v) is 11.5. The van der Waals surface area contributed by atoms with Crippen LogP contribution in [0.5, 0.6) is 11.5 Å². The van der Waals surface area contributed by atoms with Gasteiger partial charge in [-0.15, -0.1) is 0 Å². The molecule has 1 N–H and O–H groups in total. The van der Waals surface area contributed by atoms with E-state index in [-0.39, 0.29) is 11.9 Å². The van der Waals surface area contributed by atoms with Crippen molar-refractivity contribution in [2.45, 2.75) is 38.8 Å². The highest BCUT2D eigenvalue weighted by atomic mass is 32.2. The molecule has 1 heterocycles. The number of hydrogen-bond acceptors (Lipinski definition) is 5. The van der Waals surface area contributed by atoms with Crippen LogP contribution in [0.25, 0.3) is 0 Å². The Morgan fingerprint density at radius 1 is 1.27 bits per heavy atom. The highest BCUT2D eigenvalue weighted by Gasteiger charge is 2.35. The molecule has 1 atom stereocenters. The van der Waals surface area contributed by atoms with Gasteiger partial charge in [0.05, 0.1) is 25.1 Å². The third-order valence-electron chi connectivity index (χ3n) is 5.37. The summed E-state index contributed by atoms with van der Waals surface area (Å²) in [7, 11) is -0.372. The van der Waals surface area contributed by atoms with E-state index < -0.39 is 15.6 Å². The van der Waals surface area contributed by atoms with Crippen LogP contribution < -0.4 is 19.1 Å². The first kappa shape index (κ1) is 22.0. The lowest BCUT2D eigenvalue weighted by Gasteiger charge is -2.38. The number of hydrogen-bond donors (Lipinski definition) is 1. The van der Waals surface area contributed by atoms with Gasteiger partial charge in [0.1, 0.15) is 17.1 Å². The molecule has 2 aromatic rings. The second-order valence-electron chi connectivity index (χ2n) is 8.18.